The van der Waals surface area contributed by atoms with E-state index in [9.17, 15) is 4.79 Å². The molecule has 18 heavy (non-hydrogen) atoms. The molecule has 0 spiro atoms. The largest absolute Gasteiger partial charge is 0.468 e. The molecule has 0 saturated carbocycles. The summed E-state index contributed by atoms with van der Waals surface area (Å²) in [5.41, 5.74) is 7.44. The van der Waals surface area contributed by atoms with Crippen molar-refractivity contribution in [3.8, 4) is 6.07 Å². The minimum atomic E-state index is -0.538. The molecule has 1 aromatic rings. The normalized spacial score (nSPS) is 11.6. The van der Waals surface area contributed by atoms with Gasteiger partial charge in [0.05, 0.1) is 18.7 Å². The number of thioether (sulfide) groups is 1. The van der Waals surface area contributed by atoms with Crippen LogP contribution >= 0.6 is 11.8 Å². The fraction of sp³-hybridized carbons (Fsp3) is 0.385. The molecule has 0 aliphatic rings. The van der Waals surface area contributed by atoms with Crippen LogP contribution in [-0.2, 0) is 15.3 Å². The first kappa shape index (κ1) is 14.6. The van der Waals surface area contributed by atoms with Crippen LogP contribution in [0.3, 0.4) is 0 Å². The summed E-state index contributed by atoms with van der Waals surface area (Å²) in [4.78, 5) is 11.1. The summed E-state index contributed by atoms with van der Waals surface area (Å²) >= 11 is 1.71. The zero-order chi connectivity index (χ0) is 13.4. The Kier molecular flexibility index (Phi) is 6.26. The highest BCUT2D eigenvalue weighted by Gasteiger charge is 2.12. The zero-order valence-corrected chi connectivity index (χ0v) is 11.1. The molecule has 96 valence electrons. The van der Waals surface area contributed by atoms with Crippen LogP contribution in [-0.4, -0.2) is 24.9 Å². The molecule has 0 fully saturated rings. The molecule has 0 heterocycles. The van der Waals surface area contributed by atoms with E-state index in [4.69, 9.17) is 11.0 Å². The number of benzene rings is 1. The molecule has 0 aromatic heterocycles. The summed E-state index contributed by atoms with van der Waals surface area (Å²) in [5, 5.41) is 8.67. The molecule has 1 aromatic carbocycles. The zero-order valence-electron chi connectivity index (χ0n) is 10.3. The van der Waals surface area contributed by atoms with Crippen LogP contribution in [0.5, 0.6) is 0 Å². The molecule has 5 heteroatoms. The monoisotopic (exact) mass is 264 g/mol. The fourth-order valence-electron chi connectivity index (χ4n) is 1.35. The second kappa shape index (κ2) is 7.75. The van der Waals surface area contributed by atoms with Crippen molar-refractivity contribution in [2.24, 2.45) is 5.73 Å². The number of nitrogens with zero attached hydrogens (tertiary/aromatic N) is 1. The van der Waals surface area contributed by atoms with Crippen molar-refractivity contribution in [3.05, 3.63) is 35.4 Å². The summed E-state index contributed by atoms with van der Waals surface area (Å²) in [6, 6.07) is 9.02. The first-order valence-electron chi connectivity index (χ1n) is 5.57. The first-order chi connectivity index (χ1) is 8.67. The predicted molar refractivity (Wildman–Crippen MR) is 71.9 cm³/mol. The van der Waals surface area contributed by atoms with E-state index in [1.54, 1.807) is 23.9 Å². The van der Waals surface area contributed by atoms with Crippen molar-refractivity contribution in [2.45, 2.75) is 18.2 Å². The smallest absolute Gasteiger partial charge is 0.322 e. The van der Waals surface area contributed by atoms with E-state index in [0.717, 1.165) is 17.1 Å². The molecule has 2 N–H and O–H groups in total. The van der Waals surface area contributed by atoms with Crippen LogP contribution < -0.4 is 5.73 Å². The quantitative estimate of drug-likeness (QED) is 0.625. The average molecular weight is 264 g/mol. The molecule has 0 aliphatic heterocycles. The Morgan fingerprint density at radius 2 is 2.17 bits per heavy atom. The summed E-state index contributed by atoms with van der Waals surface area (Å²) in [6.07, 6.45) is 0.605. The number of carbonyl (C=O) groups is 1. The predicted octanol–water partition coefficient (Wildman–Crippen LogP) is 1.68. The number of hydrogen-bond donors (Lipinski definition) is 1. The molecule has 0 saturated heterocycles. The van der Waals surface area contributed by atoms with Crippen molar-refractivity contribution in [1.82, 2.24) is 0 Å². The number of ether oxygens (including phenoxy) is 1. The molecule has 0 amide bonds. The molecule has 0 aliphatic carbocycles. The third kappa shape index (κ3) is 4.78. The van der Waals surface area contributed by atoms with Crippen LogP contribution in [0.4, 0.5) is 0 Å². The van der Waals surface area contributed by atoms with Gasteiger partial charge in [-0.3, -0.25) is 4.79 Å². The number of methoxy groups -OCH3 is 1. The van der Waals surface area contributed by atoms with E-state index in [2.05, 4.69) is 10.8 Å². The third-order valence-electron chi connectivity index (χ3n) is 2.43. The SMILES string of the molecule is COC(=O)C(N)CCSCc1ccc(C#N)cc1. The lowest BCUT2D eigenvalue weighted by Crippen LogP contribution is -2.31. The maximum Gasteiger partial charge on any atom is 0.322 e. The van der Waals surface area contributed by atoms with Gasteiger partial charge in [-0.1, -0.05) is 12.1 Å². The lowest BCUT2D eigenvalue weighted by atomic mass is 10.2. The summed E-state index contributed by atoms with van der Waals surface area (Å²) in [6.45, 7) is 0. The number of nitriles is 1. The van der Waals surface area contributed by atoms with Gasteiger partial charge in [0.1, 0.15) is 6.04 Å². The highest BCUT2D eigenvalue weighted by atomic mass is 32.2. The second-order valence-corrected chi connectivity index (χ2v) is 4.88. The van der Waals surface area contributed by atoms with E-state index < -0.39 is 6.04 Å². The molecule has 4 nitrogen and oxygen atoms in total. The third-order valence-corrected chi connectivity index (χ3v) is 3.49. The van der Waals surface area contributed by atoms with E-state index in [1.165, 1.54) is 7.11 Å². The Morgan fingerprint density at radius 1 is 1.50 bits per heavy atom. The van der Waals surface area contributed by atoms with Crippen LogP contribution in [0.25, 0.3) is 0 Å². The molecule has 0 radical (unpaired) electrons. The molecule has 1 unspecified atom stereocenters. The summed E-state index contributed by atoms with van der Waals surface area (Å²) in [7, 11) is 1.34. The number of rotatable bonds is 6. The maximum atomic E-state index is 11.1. The summed E-state index contributed by atoms with van der Waals surface area (Å²) < 4.78 is 4.55. The highest BCUT2D eigenvalue weighted by Crippen LogP contribution is 2.14. The van der Waals surface area contributed by atoms with Gasteiger partial charge in [0.15, 0.2) is 0 Å². The van der Waals surface area contributed by atoms with Crippen LogP contribution in [0.15, 0.2) is 24.3 Å². The number of nitrogens with two attached hydrogens (primary N) is 1. The van der Waals surface area contributed by atoms with Gasteiger partial charge < -0.3 is 10.5 Å². The van der Waals surface area contributed by atoms with Crippen LogP contribution in [0.1, 0.15) is 17.5 Å². The average Bonchev–Trinajstić information content (AvgIpc) is 2.43. The minimum Gasteiger partial charge on any atom is -0.468 e. The number of carbonyl (C=O) groups excluding carboxylic acids is 1. The van der Waals surface area contributed by atoms with E-state index in [1.807, 2.05) is 12.1 Å². The van der Waals surface area contributed by atoms with Crippen LogP contribution in [0.2, 0.25) is 0 Å². The maximum absolute atomic E-state index is 11.1. The van der Waals surface area contributed by atoms with Gasteiger partial charge in [-0.2, -0.15) is 17.0 Å². The van der Waals surface area contributed by atoms with Gasteiger partial charge in [-0.05, 0) is 29.9 Å². The van der Waals surface area contributed by atoms with E-state index in [-0.39, 0.29) is 5.97 Å². The second-order valence-electron chi connectivity index (χ2n) is 3.78. The van der Waals surface area contributed by atoms with Crippen molar-refractivity contribution in [2.75, 3.05) is 12.9 Å². The lowest BCUT2D eigenvalue weighted by Gasteiger charge is -2.08. The molecule has 1 atom stereocenters. The van der Waals surface area contributed by atoms with Crippen molar-refractivity contribution in [3.63, 3.8) is 0 Å². The Bertz CT molecular complexity index is 426. The fourth-order valence-corrected chi connectivity index (χ4v) is 2.34. The Labute approximate surface area is 111 Å². The van der Waals surface area contributed by atoms with Crippen molar-refractivity contribution < 1.29 is 9.53 Å². The summed E-state index contributed by atoms with van der Waals surface area (Å²) in [5.74, 6) is 1.28. The molecular formula is C13H16N2O2S. The Morgan fingerprint density at radius 3 is 2.72 bits per heavy atom. The van der Waals surface area contributed by atoms with Gasteiger partial charge >= 0.3 is 5.97 Å². The number of esters is 1. The van der Waals surface area contributed by atoms with Crippen LogP contribution in [0, 0.1) is 11.3 Å². The Hall–Kier alpha value is -1.51. The van der Waals surface area contributed by atoms with Gasteiger partial charge in [0.2, 0.25) is 0 Å². The molecular weight excluding hydrogens is 248 g/mol. The Balaban J connectivity index is 2.25. The van der Waals surface area contributed by atoms with Gasteiger partial charge in [-0.25, -0.2) is 0 Å². The van der Waals surface area contributed by atoms with E-state index >= 15 is 0 Å². The van der Waals surface area contributed by atoms with Gasteiger partial charge in [-0.15, -0.1) is 0 Å². The standard InChI is InChI=1S/C13H16N2O2S/c1-17-13(16)12(15)6-7-18-9-11-4-2-10(8-14)3-5-11/h2-5,12H,6-7,9,15H2,1H3. The number of hydrogen-bond acceptors (Lipinski definition) is 5. The first-order valence-corrected chi connectivity index (χ1v) is 6.73. The minimum absolute atomic E-state index is 0.367. The van der Waals surface area contributed by atoms with E-state index in [0.29, 0.717) is 12.0 Å². The lowest BCUT2D eigenvalue weighted by molar-refractivity contribution is -0.142. The molecule has 0 bridgehead atoms. The molecule has 1 rings (SSSR count). The highest BCUT2D eigenvalue weighted by molar-refractivity contribution is 7.98. The van der Waals surface area contributed by atoms with Gasteiger partial charge in [0, 0.05) is 5.75 Å². The van der Waals surface area contributed by atoms with Crippen molar-refractivity contribution in [1.29, 1.82) is 5.26 Å². The topological polar surface area (TPSA) is 76.1 Å². The van der Waals surface area contributed by atoms with Crippen molar-refractivity contribution >= 4 is 17.7 Å². The van der Waals surface area contributed by atoms with Gasteiger partial charge in [0.25, 0.3) is 0 Å².